The predicted molar refractivity (Wildman–Crippen MR) is 46.9 cm³/mol. The zero-order valence-electron chi connectivity index (χ0n) is 7.65. The first-order valence-corrected chi connectivity index (χ1v) is 3.99. The summed E-state index contributed by atoms with van der Waals surface area (Å²) < 4.78 is 0. The Hall–Kier alpha value is -1.47. The molecule has 0 spiro atoms. The maximum atomic E-state index is 8.85. The molecule has 0 fully saturated rings. The summed E-state index contributed by atoms with van der Waals surface area (Å²) in [7, 11) is 0. The first-order valence-electron chi connectivity index (χ1n) is 3.99. The molecule has 4 heteroatoms. The second-order valence-corrected chi connectivity index (χ2v) is 2.83. The molecule has 0 saturated carbocycles. The standard InChI is InChI=1S/C9H11N3O/c1-6-7(2)12-9(4-11-6)8(3-10)5-13/h4,8,13H,5H2,1-2H3. The van der Waals surface area contributed by atoms with Crippen LogP contribution in [0.3, 0.4) is 0 Å². The summed E-state index contributed by atoms with van der Waals surface area (Å²) in [5, 5.41) is 17.5. The van der Waals surface area contributed by atoms with Gasteiger partial charge in [0.15, 0.2) is 0 Å². The molecule has 1 rings (SSSR count). The first kappa shape index (κ1) is 9.62. The van der Waals surface area contributed by atoms with E-state index in [0.717, 1.165) is 11.4 Å². The Morgan fingerprint density at radius 3 is 2.69 bits per heavy atom. The smallest absolute Gasteiger partial charge is 0.113 e. The fraction of sp³-hybridized carbons (Fsp3) is 0.444. The highest BCUT2D eigenvalue weighted by Gasteiger charge is 2.11. The fourth-order valence-corrected chi connectivity index (χ4v) is 0.928. The third-order valence-corrected chi connectivity index (χ3v) is 1.91. The van der Waals surface area contributed by atoms with Gasteiger partial charge in [-0.05, 0) is 13.8 Å². The SMILES string of the molecule is Cc1ncc(C(C#N)CO)nc1C. The Labute approximate surface area is 76.9 Å². The van der Waals surface area contributed by atoms with Crippen LogP contribution in [0, 0.1) is 25.2 Å². The lowest BCUT2D eigenvalue weighted by atomic mass is 10.1. The van der Waals surface area contributed by atoms with E-state index in [2.05, 4.69) is 9.97 Å². The molecular formula is C9H11N3O. The van der Waals surface area contributed by atoms with Gasteiger partial charge in [0.2, 0.25) is 0 Å². The maximum Gasteiger partial charge on any atom is 0.113 e. The van der Waals surface area contributed by atoms with Crippen LogP contribution in [-0.2, 0) is 0 Å². The lowest BCUT2D eigenvalue weighted by molar-refractivity contribution is 0.284. The van der Waals surface area contributed by atoms with Crippen molar-refractivity contribution < 1.29 is 5.11 Å². The average molecular weight is 177 g/mol. The van der Waals surface area contributed by atoms with E-state index in [0.29, 0.717) is 5.69 Å². The number of aryl methyl sites for hydroxylation is 2. The van der Waals surface area contributed by atoms with E-state index in [1.165, 1.54) is 6.20 Å². The Bertz CT molecular complexity index is 343. The van der Waals surface area contributed by atoms with E-state index in [9.17, 15) is 0 Å². The molecule has 13 heavy (non-hydrogen) atoms. The average Bonchev–Trinajstić information content (AvgIpc) is 2.13. The molecule has 0 aliphatic carbocycles. The maximum absolute atomic E-state index is 8.85. The Morgan fingerprint density at radius 2 is 2.23 bits per heavy atom. The number of nitrogens with zero attached hydrogens (tertiary/aromatic N) is 3. The van der Waals surface area contributed by atoms with Crippen LogP contribution >= 0.6 is 0 Å². The topological polar surface area (TPSA) is 69.8 Å². The summed E-state index contributed by atoms with van der Waals surface area (Å²) in [5.41, 5.74) is 2.18. The lowest BCUT2D eigenvalue weighted by Gasteiger charge is -2.05. The van der Waals surface area contributed by atoms with Crippen molar-refractivity contribution in [3.05, 3.63) is 23.3 Å². The molecule has 0 aliphatic heterocycles. The lowest BCUT2D eigenvalue weighted by Crippen LogP contribution is -2.06. The van der Waals surface area contributed by atoms with E-state index >= 15 is 0 Å². The Morgan fingerprint density at radius 1 is 1.54 bits per heavy atom. The van der Waals surface area contributed by atoms with E-state index in [-0.39, 0.29) is 6.61 Å². The molecule has 68 valence electrons. The van der Waals surface area contributed by atoms with Gasteiger partial charge in [0.25, 0.3) is 0 Å². The fourth-order valence-electron chi connectivity index (χ4n) is 0.928. The van der Waals surface area contributed by atoms with Gasteiger partial charge < -0.3 is 5.11 Å². The first-order chi connectivity index (χ1) is 6.19. The molecule has 1 atom stereocenters. The zero-order valence-corrected chi connectivity index (χ0v) is 7.65. The highest BCUT2D eigenvalue weighted by molar-refractivity contribution is 5.18. The summed E-state index contributed by atoms with van der Waals surface area (Å²) >= 11 is 0. The van der Waals surface area contributed by atoms with Crippen LogP contribution in [0.5, 0.6) is 0 Å². The minimum absolute atomic E-state index is 0.215. The molecule has 0 aliphatic rings. The number of hydrogen-bond donors (Lipinski definition) is 1. The van der Waals surface area contributed by atoms with Gasteiger partial charge in [-0.1, -0.05) is 0 Å². The van der Waals surface area contributed by atoms with Crippen LogP contribution in [0.15, 0.2) is 6.20 Å². The molecule has 0 saturated heterocycles. The normalized spacial score (nSPS) is 12.2. The highest BCUT2D eigenvalue weighted by atomic mass is 16.3. The van der Waals surface area contributed by atoms with Gasteiger partial charge in [-0.2, -0.15) is 5.26 Å². The highest BCUT2D eigenvalue weighted by Crippen LogP contribution is 2.11. The molecule has 0 bridgehead atoms. The summed E-state index contributed by atoms with van der Waals surface area (Å²) in [6, 6.07) is 1.96. The Kier molecular flexibility index (Phi) is 2.93. The number of hydrogen-bond acceptors (Lipinski definition) is 4. The third-order valence-electron chi connectivity index (χ3n) is 1.91. The number of rotatable bonds is 2. The number of aliphatic hydroxyl groups excluding tert-OH is 1. The van der Waals surface area contributed by atoms with Crippen LogP contribution < -0.4 is 0 Å². The van der Waals surface area contributed by atoms with Crippen LogP contribution in [-0.4, -0.2) is 21.7 Å². The largest absolute Gasteiger partial charge is 0.395 e. The third kappa shape index (κ3) is 2.01. The van der Waals surface area contributed by atoms with Gasteiger partial charge in [0, 0.05) is 0 Å². The molecule has 1 aromatic rings. The minimum Gasteiger partial charge on any atom is -0.395 e. The van der Waals surface area contributed by atoms with Crippen molar-refractivity contribution in [2.75, 3.05) is 6.61 Å². The van der Waals surface area contributed by atoms with Crippen LogP contribution in [0.4, 0.5) is 0 Å². The van der Waals surface area contributed by atoms with Gasteiger partial charge in [-0.15, -0.1) is 0 Å². The number of aliphatic hydroxyl groups is 1. The van der Waals surface area contributed by atoms with Crippen molar-refractivity contribution in [1.82, 2.24) is 9.97 Å². The van der Waals surface area contributed by atoms with Crippen molar-refractivity contribution in [1.29, 1.82) is 5.26 Å². The monoisotopic (exact) mass is 177 g/mol. The summed E-state index contributed by atoms with van der Waals surface area (Å²) in [6.45, 7) is 3.47. The zero-order chi connectivity index (χ0) is 9.84. The summed E-state index contributed by atoms with van der Waals surface area (Å²) in [4.78, 5) is 8.24. The van der Waals surface area contributed by atoms with E-state index in [1.54, 1.807) is 0 Å². The molecule has 1 unspecified atom stereocenters. The second kappa shape index (κ2) is 3.97. The van der Waals surface area contributed by atoms with Crippen molar-refractivity contribution in [3.63, 3.8) is 0 Å². The molecule has 0 amide bonds. The molecule has 1 aromatic heterocycles. The van der Waals surface area contributed by atoms with Gasteiger partial charge in [0.05, 0.1) is 36.0 Å². The molecule has 0 radical (unpaired) electrons. The van der Waals surface area contributed by atoms with Crippen molar-refractivity contribution in [2.24, 2.45) is 0 Å². The van der Waals surface area contributed by atoms with Crippen molar-refractivity contribution >= 4 is 0 Å². The van der Waals surface area contributed by atoms with Gasteiger partial charge in [0.1, 0.15) is 5.92 Å². The Balaban J connectivity index is 3.04. The number of aromatic nitrogens is 2. The van der Waals surface area contributed by atoms with E-state index < -0.39 is 5.92 Å². The van der Waals surface area contributed by atoms with E-state index in [1.807, 2.05) is 19.9 Å². The molecular weight excluding hydrogens is 166 g/mol. The van der Waals surface area contributed by atoms with Gasteiger partial charge in [-0.25, -0.2) is 0 Å². The molecule has 1 N–H and O–H groups in total. The second-order valence-electron chi connectivity index (χ2n) is 2.83. The van der Waals surface area contributed by atoms with Gasteiger partial charge in [-0.3, -0.25) is 9.97 Å². The van der Waals surface area contributed by atoms with E-state index in [4.69, 9.17) is 10.4 Å². The quantitative estimate of drug-likeness (QED) is 0.721. The van der Waals surface area contributed by atoms with Crippen molar-refractivity contribution in [3.8, 4) is 6.07 Å². The van der Waals surface area contributed by atoms with Crippen LogP contribution in [0.25, 0.3) is 0 Å². The molecule has 0 aromatic carbocycles. The minimum atomic E-state index is -0.563. The molecule has 1 heterocycles. The summed E-state index contributed by atoms with van der Waals surface area (Å²) in [5.74, 6) is -0.563. The molecule has 4 nitrogen and oxygen atoms in total. The van der Waals surface area contributed by atoms with Crippen LogP contribution in [0.2, 0.25) is 0 Å². The van der Waals surface area contributed by atoms with Crippen LogP contribution in [0.1, 0.15) is 23.0 Å². The predicted octanol–water partition coefficient (Wildman–Crippen LogP) is 0.693. The van der Waals surface area contributed by atoms with Crippen molar-refractivity contribution in [2.45, 2.75) is 19.8 Å². The van der Waals surface area contributed by atoms with Gasteiger partial charge >= 0.3 is 0 Å². The number of nitriles is 1. The summed E-state index contributed by atoms with van der Waals surface area (Å²) in [6.07, 6.45) is 1.53.